The average molecular weight is 215 g/mol. The standard InChI is InChI=1S/C7H13N3O2.C3H8/c1-4(11)7(12)3-2-5(7)10-6(8)9;1-3-2/h5,12H,2-3H2,1H3,(H4,8,9,10);3H2,1-2H3. The minimum absolute atomic E-state index is 0.0839. The van der Waals surface area contributed by atoms with Crippen LogP contribution in [0.15, 0.2) is 4.99 Å². The summed E-state index contributed by atoms with van der Waals surface area (Å²) >= 11 is 0. The molecule has 1 rings (SSSR count). The molecule has 88 valence electrons. The van der Waals surface area contributed by atoms with Gasteiger partial charge >= 0.3 is 0 Å². The number of hydrogen-bond acceptors (Lipinski definition) is 3. The third-order valence-electron chi connectivity index (χ3n) is 2.26. The Kier molecular flexibility index (Phi) is 5.28. The molecule has 0 saturated heterocycles. The summed E-state index contributed by atoms with van der Waals surface area (Å²) in [6.07, 6.45) is 2.36. The Hall–Kier alpha value is -1.10. The van der Waals surface area contributed by atoms with Crippen LogP contribution >= 0.6 is 0 Å². The number of Topliss-reactive ketones (excluding diaryl/α,β-unsaturated/α-hetero) is 1. The van der Waals surface area contributed by atoms with Crippen LogP contribution in [-0.4, -0.2) is 28.5 Å². The third kappa shape index (κ3) is 3.51. The summed E-state index contributed by atoms with van der Waals surface area (Å²) in [6.45, 7) is 5.59. The first kappa shape index (κ1) is 13.9. The zero-order valence-electron chi connectivity index (χ0n) is 9.66. The molecule has 0 amide bonds. The Labute approximate surface area is 90.6 Å². The fourth-order valence-corrected chi connectivity index (χ4v) is 1.31. The lowest BCUT2D eigenvalue weighted by molar-refractivity contribution is -0.146. The van der Waals surface area contributed by atoms with Crippen molar-refractivity contribution in [2.24, 2.45) is 16.5 Å². The molecule has 0 aromatic heterocycles. The molecule has 5 nitrogen and oxygen atoms in total. The molecule has 0 radical (unpaired) electrons. The van der Waals surface area contributed by atoms with Crippen LogP contribution in [0.3, 0.4) is 0 Å². The number of nitrogens with two attached hydrogens (primary N) is 2. The summed E-state index contributed by atoms with van der Waals surface area (Å²) in [5.74, 6) is -0.358. The summed E-state index contributed by atoms with van der Waals surface area (Å²) in [5, 5.41) is 9.63. The lowest BCUT2D eigenvalue weighted by Gasteiger charge is -2.40. The van der Waals surface area contributed by atoms with E-state index in [-0.39, 0.29) is 11.7 Å². The maximum atomic E-state index is 10.9. The molecule has 0 heterocycles. The van der Waals surface area contributed by atoms with Crippen LogP contribution in [0.25, 0.3) is 0 Å². The molecular weight excluding hydrogens is 194 g/mol. The molecule has 0 spiro atoms. The highest BCUT2D eigenvalue weighted by Crippen LogP contribution is 2.35. The van der Waals surface area contributed by atoms with Crippen LogP contribution in [-0.2, 0) is 4.79 Å². The third-order valence-corrected chi connectivity index (χ3v) is 2.26. The Morgan fingerprint density at radius 3 is 2.20 bits per heavy atom. The Bertz CT molecular complexity index is 249. The van der Waals surface area contributed by atoms with Gasteiger partial charge in [0.2, 0.25) is 0 Å². The number of aliphatic hydroxyl groups is 1. The van der Waals surface area contributed by atoms with Crippen LogP contribution in [0.5, 0.6) is 0 Å². The molecule has 1 aliphatic rings. The van der Waals surface area contributed by atoms with Crippen LogP contribution in [0, 0.1) is 0 Å². The fraction of sp³-hybridized carbons (Fsp3) is 0.800. The maximum Gasteiger partial charge on any atom is 0.186 e. The summed E-state index contributed by atoms with van der Waals surface area (Å²) in [4.78, 5) is 14.7. The monoisotopic (exact) mass is 215 g/mol. The Balaban J connectivity index is 0.000000583. The van der Waals surface area contributed by atoms with Gasteiger partial charge in [-0.1, -0.05) is 20.3 Å². The second kappa shape index (κ2) is 5.70. The number of aliphatic imine (C=N–C) groups is 1. The van der Waals surface area contributed by atoms with Gasteiger partial charge < -0.3 is 16.6 Å². The zero-order chi connectivity index (χ0) is 12.1. The van der Waals surface area contributed by atoms with Gasteiger partial charge in [0.05, 0.1) is 6.04 Å². The quantitative estimate of drug-likeness (QED) is 0.451. The zero-order valence-corrected chi connectivity index (χ0v) is 9.66. The highest BCUT2D eigenvalue weighted by atomic mass is 16.3. The molecule has 1 aliphatic carbocycles. The number of rotatable bonds is 2. The predicted octanol–water partition coefficient (Wildman–Crippen LogP) is 0.159. The number of ketones is 1. The van der Waals surface area contributed by atoms with Gasteiger partial charge in [-0.25, -0.2) is 4.99 Å². The molecule has 1 saturated carbocycles. The van der Waals surface area contributed by atoms with Crippen LogP contribution in [0.1, 0.15) is 40.0 Å². The molecule has 1 fully saturated rings. The van der Waals surface area contributed by atoms with Gasteiger partial charge in [0.25, 0.3) is 0 Å². The van der Waals surface area contributed by atoms with Gasteiger partial charge in [-0.05, 0) is 19.8 Å². The van der Waals surface area contributed by atoms with Gasteiger partial charge in [0, 0.05) is 0 Å². The number of carbonyl (C=O) groups excluding carboxylic acids is 1. The van der Waals surface area contributed by atoms with E-state index in [1.165, 1.54) is 13.3 Å². The van der Waals surface area contributed by atoms with Crippen molar-refractivity contribution in [3.63, 3.8) is 0 Å². The van der Waals surface area contributed by atoms with E-state index in [4.69, 9.17) is 11.5 Å². The second-order valence-corrected chi connectivity index (χ2v) is 3.80. The molecule has 2 atom stereocenters. The molecule has 0 bridgehead atoms. The Morgan fingerprint density at radius 2 is 2.00 bits per heavy atom. The first-order valence-corrected chi connectivity index (χ1v) is 5.20. The molecule has 2 unspecified atom stereocenters. The molecule has 5 heteroatoms. The molecule has 0 aromatic carbocycles. The van der Waals surface area contributed by atoms with E-state index in [0.29, 0.717) is 12.8 Å². The minimum Gasteiger partial charge on any atom is -0.380 e. The van der Waals surface area contributed by atoms with E-state index in [1.54, 1.807) is 0 Å². The van der Waals surface area contributed by atoms with E-state index < -0.39 is 11.6 Å². The van der Waals surface area contributed by atoms with Crippen molar-refractivity contribution < 1.29 is 9.90 Å². The minimum atomic E-state index is -1.32. The number of hydrogen-bond donors (Lipinski definition) is 3. The van der Waals surface area contributed by atoms with Crippen molar-refractivity contribution in [1.29, 1.82) is 0 Å². The van der Waals surface area contributed by atoms with Crippen molar-refractivity contribution in [3.05, 3.63) is 0 Å². The van der Waals surface area contributed by atoms with Gasteiger partial charge in [-0.2, -0.15) is 0 Å². The van der Waals surface area contributed by atoms with Crippen molar-refractivity contribution in [1.82, 2.24) is 0 Å². The smallest absolute Gasteiger partial charge is 0.186 e. The molecule has 0 aromatic rings. The van der Waals surface area contributed by atoms with E-state index >= 15 is 0 Å². The number of guanidine groups is 1. The predicted molar refractivity (Wildman–Crippen MR) is 60.4 cm³/mol. The summed E-state index contributed by atoms with van der Waals surface area (Å²) in [5.41, 5.74) is 8.94. The van der Waals surface area contributed by atoms with E-state index in [1.807, 2.05) is 0 Å². The summed E-state index contributed by atoms with van der Waals surface area (Å²) < 4.78 is 0. The molecule has 15 heavy (non-hydrogen) atoms. The topological polar surface area (TPSA) is 102 Å². The average Bonchev–Trinajstić information content (AvgIpc) is 2.12. The highest BCUT2D eigenvalue weighted by molar-refractivity contribution is 5.87. The first-order valence-electron chi connectivity index (χ1n) is 5.20. The number of carbonyl (C=O) groups is 1. The normalized spacial score (nSPS) is 28.1. The number of nitrogens with zero attached hydrogens (tertiary/aromatic N) is 1. The summed E-state index contributed by atoms with van der Waals surface area (Å²) in [6, 6.07) is -0.444. The van der Waals surface area contributed by atoms with E-state index in [9.17, 15) is 9.90 Å². The van der Waals surface area contributed by atoms with Crippen LogP contribution < -0.4 is 11.5 Å². The van der Waals surface area contributed by atoms with Crippen molar-refractivity contribution in [2.75, 3.05) is 0 Å². The van der Waals surface area contributed by atoms with Gasteiger partial charge in [-0.3, -0.25) is 4.79 Å². The lowest BCUT2D eigenvalue weighted by Crippen LogP contribution is -2.56. The fourth-order valence-electron chi connectivity index (χ4n) is 1.31. The van der Waals surface area contributed by atoms with Gasteiger partial charge in [0.15, 0.2) is 11.7 Å². The van der Waals surface area contributed by atoms with Gasteiger partial charge in [-0.15, -0.1) is 0 Å². The largest absolute Gasteiger partial charge is 0.380 e. The van der Waals surface area contributed by atoms with Crippen molar-refractivity contribution >= 4 is 11.7 Å². The SMILES string of the molecule is CC(=O)C1(O)CCC1N=C(N)N.CCC. The molecule has 0 aliphatic heterocycles. The maximum absolute atomic E-state index is 10.9. The van der Waals surface area contributed by atoms with Crippen molar-refractivity contribution in [2.45, 2.75) is 51.7 Å². The van der Waals surface area contributed by atoms with Crippen LogP contribution in [0.4, 0.5) is 0 Å². The second-order valence-electron chi connectivity index (χ2n) is 3.80. The Morgan fingerprint density at radius 1 is 1.53 bits per heavy atom. The van der Waals surface area contributed by atoms with Gasteiger partial charge in [0.1, 0.15) is 5.60 Å². The first-order chi connectivity index (χ1) is 6.88. The summed E-state index contributed by atoms with van der Waals surface area (Å²) in [7, 11) is 0. The van der Waals surface area contributed by atoms with Crippen molar-refractivity contribution in [3.8, 4) is 0 Å². The lowest BCUT2D eigenvalue weighted by atomic mass is 9.73. The van der Waals surface area contributed by atoms with E-state index in [0.717, 1.165) is 0 Å². The highest BCUT2D eigenvalue weighted by Gasteiger charge is 2.49. The molecular formula is C10H21N3O2. The van der Waals surface area contributed by atoms with E-state index in [2.05, 4.69) is 18.8 Å². The molecule has 5 N–H and O–H groups in total. The van der Waals surface area contributed by atoms with Crippen LogP contribution in [0.2, 0.25) is 0 Å².